The lowest BCUT2D eigenvalue weighted by Crippen LogP contribution is -2.37. The molecular weight excluding hydrogens is 254 g/mol. The molecule has 3 rings (SSSR count). The Morgan fingerprint density at radius 2 is 1.80 bits per heavy atom. The van der Waals surface area contributed by atoms with Crippen molar-refractivity contribution in [2.24, 2.45) is 5.92 Å². The minimum atomic E-state index is -0.689. The third kappa shape index (κ3) is 2.31. The number of aryl methyl sites for hydroxylation is 1. The van der Waals surface area contributed by atoms with Gasteiger partial charge in [0.1, 0.15) is 0 Å². The lowest BCUT2D eigenvalue weighted by atomic mass is 9.97. The quantitative estimate of drug-likeness (QED) is 0.907. The van der Waals surface area contributed by atoms with Crippen LogP contribution < -0.4 is 4.90 Å². The minimum absolute atomic E-state index is 0.222. The van der Waals surface area contributed by atoms with Gasteiger partial charge in [0.25, 0.3) is 0 Å². The lowest BCUT2D eigenvalue weighted by molar-refractivity contribution is -0.142. The van der Waals surface area contributed by atoms with Crippen LogP contribution in [0.1, 0.15) is 18.5 Å². The summed E-state index contributed by atoms with van der Waals surface area (Å²) in [5, 5.41) is 9.04. The fourth-order valence-corrected chi connectivity index (χ4v) is 2.72. The first-order chi connectivity index (χ1) is 9.65. The van der Waals surface area contributed by atoms with E-state index in [1.807, 2.05) is 31.2 Å². The molecule has 1 aromatic heterocycles. The summed E-state index contributed by atoms with van der Waals surface area (Å²) < 4.78 is 0. The summed E-state index contributed by atoms with van der Waals surface area (Å²) in [6.45, 7) is 3.41. The normalized spacial score (nSPS) is 16.6. The van der Waals surface area contributed by atoms with E-state index >= 15 is 0 Å². The van der Waals surface area contributed by atoms with Crippen LogP contribution in [0.3, 0.4) is 0 Å². The van der Waals surface area contributed by atoms with Crippen molar-refractivity contribution in [2.45, 2.75) is 19.8 Å². The van der Waals surface area contributed by atoms with Crippen LogP contribution in [-0.4, -0.2) is 34.1 Å². The first kappa shape index (κ1) is 12.8. The second-order valence-electron chi connectivity index (χ2n) is 5.22. The number of benzene rings is 1. The smallest absolute Gasteiger partial charge is 0.306 e. The first-order valence-electron chi connectivity index (χ1n) is 6.86. The molecule has 2 heterocycles. The zero-order valence-corrected chi connectivity index (χ0v) is 11.4. The van der Waals surface area contributed by atoms with Gasteiger partial charge in [0.15, 0.2) is 5.82 Å². The van der Waals surface area contributed by atoms with Gasteiger partial charge < -0.3 is 10.0 Å². The van der Waals surface area contributed by atoms with Crippen molar-refractivity contribution < 1.29 is 9.90 Å². The number of aromatic nitrogens is 2. The summed E-state index contributed by atoms with van der Waals surface area (Å²) in [7, 11) is 0. The molecule has 0 saturated carbocycles. The molecule has 1 aliphatic heterocycles. The topological polar surface area (TPSA) is 66.3 Å². The maximum Gasteiger partial charge on any atom is 0.306 e. The maximum absolute atomic E-state index is 11.0. The molecule has 0 amide bonds. The van der Waals surface area contributed by atoms with Crippen LogP contribution in [0, 0.1) is 12.8 Å². The molecule has 1 saturated heterocycles. The summed E-state index contributed by atoms with van der Waals surface area (Å²) in [6.07, 6.45) is 1.34. The van der Waals surface area contributed by atoms with Crippen molar-refractivity contribution in [1.82, 2.24) is 9.97 Å². The molecule has 0 bridgehead atoms. The summed E-state index contributed by atoms with van der Waals surface area (Å²) >= 11 is 0. The van der Waals surface area contributed by atoms with Crippen LogP contribution in [-0.2, 0) is 4.79 Å². The molecule has 0 aliphatic carbocycles. The highest BCUT2D eigenvalue weighted by molar-refractivity contribution is 5.76. The Morgan fingerprint density at radius 3 is 2.40 bits per heavy atom. The summed E-state index contributed by atoms with van der Waals surface area (Å²) in [5.41, 5.74) is 2.68. The summed E-state index contributed by atoms with van der Waals surface area (Å²) in [6, 6.07) is 7.81. The molecule has 1 N–H and O–H groups in total. The second-order valence-corrected chi connectivity index (χ2v) is 5.22. The van der Waals surface area contributed by atoms with Gasteiger partial charge >= 0.3 is 5.97 Å². The van der Waals surface area contributed by atoms with Gasteiger partial charge in [0.05, 0.1) is 22.6 Å². The van der Waals surface area contributed by atoms with Crippen LogP contribution in [0.4, 0.5) is 5.82 Å². The molecule has 5 nitrogen and oxygen atoms in total. The molecule has 1 fully saturated rings. The predicted octanol–water partition coefficient (Wildman–Crippen LogP) is 2.24. The van der Waals surface area contributed by atoms with Crippen LogP contribution >= 0.6 is 0 Å². The number of carboxylic acid groups (broad SMARTS) is 1. The average Bonchev–Trinajstić information content (AvgIpc) is 2.46. The number of carboxylic acids is 1. The van der Waals surface area contributed by atoms with Gasteiger partial charge in [-0.3, -0.25) is 4.79 Å². The number of aliphatic carboxylic acids is 1. The van der Waals surface area contributed by atoms with E-state index < -0.39 is 5.97 Å². The molecule has 20 heavy (non-hydrogen) atoms. The molecule has 0 unspecified atom stereocenters. The Bertz CT molecular complexity index is 649. The van der Waals surface area contributed by atoms with E-state index in [1.54, 1.807) is 0 Å². The van der Waals surface area contributed by atoms with Gasteiger partial charge in [-0.05, 0) is 31.9 Å². The number of piperidine rings is 1. The number of nitrogens with zero attached hydrogens (tertiary/aromatic N) is 3. The Balaban J connectivity index is 1.87. The average molecular weight is 271 g/mol. The number of para-hydroxylation sites is 2. The summed E-state index contributed by atoms with van der Waals surface area (Å²) in [5.74, 6) is -0.0292. The predicted molar refractivity (Wildman–Crippen MR) is 76.8 cm³/mol. The summed E-state index contributed by atoms with van der Waals surface area (Å²) in [4.78, 5) is 22.4. The Labute approximate surface area is 117 Å². The third-order valence-electron chi connectivity index (χ3n) is 3.86. The van der Waals surface area contributed by atoms with Crippen LogP contribution in [0.5, 0.6) is 0 Å². The largest absolute Gasteiger partial charge is 0.481 e. The van der Waals surface area contributed by atoms with Gasteiger partial charge in [-0.25, -0.2) is 9.97 Å². The SMILES string of the molecule is Cc1nc2ccccc2nc1N1CCC(C(=O)O)CC1. The van der Waals surface area contributed by atoms with Crippen LogP contribution in [0.25, 0.3) is 11.0 Å². The molecule has 0 radical (unpaired) electrons. The highest BCUT2D eigenvalue weighted by Gasteiger charge is 2.26. The Kier molecular flexibility index (Phi) is 3.26. The highest BCUT2D eigenvalue weighted by Crippen LogP contribution is 2.25. The molecule has 5 heteroatoms. The van der Waals surface area contributed by atoms with Crippen molar-refractivity contribution in [3.63, 3.8) is 0 Å². The fraction of sp³-hybridized carbons (Fsp3) is 0.400. The number of hydrogen-bond donors (Lipinski definition) is 1. The second kappa shape index (κ2) is 5.07. The fourth-order valence-electron chi connectivity index (χ4n) is 2.72. The van der Waals surface area contributed by atoms with Crippen LogP contribution in [0.2, 0.25) is 0 Å². The van der Waals surface area contributed by atoms with Gasteiger partial charge in [-0.2, -0.15) is 0 Å². The highest BCUT2D eigenvalue weighted by atomic mass is 16.4. The molecule has 1 aromatic carbocycles. The van der Waals surface area contributed by atoms with Crippen molar-refractivity contribution in [2.75, 3.05) is 18.0 Å². The molecule has 104 valence electrons. The minimum Gasteiger partial charge on any atom is -0.481 e. The Hall–Kier alpha value is -2.17. The van der Waals surface area contributed by atoms with E-state index in [4.69, 9.17) is 5.11 Å². The van der Waals surface area contributed by atoms with E-state index in [0.29, 0.717) is 12.8 Å². The van der Waals surface area contributed by atoms with Gasteiger partial charge in [0.2, 0.25) is 0 Å². The van der Waals surface area contributed by atoms with Gasteiger partial charge in [0, 0.05) is 13.1 Å². The van der Waals surface area contributed by atoms with E-state index in [-0.39, 0.29) is 5.92 Å². The Morgan fingerprint density at radius 1 is 1.20 bits per heavy atom. The van der Waals surface area contributed by atoms with E-state index in [1.165, 1.54) is 0 Å². The van der Waals surface area contributed by atoms with Crippen molar-refractivity contribution >= 4 is 22.8 Å². The zero-order valence-electron chi connectivity index (χ0n) is 11.4. The molecule has 1 aliphatic rings. The number of hydrogen-bond acceptors (Lipinski definition) is 4. The van der Waals surface area contributed by atoms with Crippen molar-refractivity contribution in [1.29, 1.82) is 0 Å². The van der Waals surface area contributed by atoms with Gasteiger partial charge in [-0.15, -0.1) is 0 Å². The number of rotatable bonds is 2. The first-order valence-corrected chi connectivity index (χ1v) is 6.86. The molecular formula is C15H17N3O2. The zero-order chi connectivity index (χ0) is 14.1. The van der Waals surface area contributed by atoms with E-state index in [9.17, 15) is 4.79 Å². The molecule has 2 aromatic rings. The van der Waals surface area contributed by atoms with Crippen molar-refractivity contribution in [3.05, 3.63) is 30.0 Å². The number of anilines is 1. The molecule has 0 atom stereocenters. The number of fused-ring (bicyclic) bond motifs is 1. The lowest BCUT2D eigenvalue weighted by Gasteiger charge is -2.31. The van der Waals surface area contributed by atoms with E-state index in [0.717, 1.165) is 35.6 Å². The molecule has 0 spiro atoms. The monoisotopic (exact) mass is 271 g/mol. The van der Waals surface area contributed by atoms with Gasteiger partial charge in [-0.1, -0.05) is 12.1 Å². The maximum atomic E-state index is 11.0. The van der Waals surface area contributed by atoms with E-state index in [2.05, 4.69) is 14.9 Å². The number of carbonyl (C=O) groups is 1. The third-order valence-corrected chi connectivity index (χ3v) is 3.86. The standard InChI is InChI=1S/C15H17N3O2/c1-10-14(17-13-5-3-2-4-12(13)16-10)18-8-6-11(7-9-18)15(19)20/h2-5,11H,6-9H2,1H3,(H,19,20). The van der Waals surface area contributed by atoms with Crippen LogP contribution in [0.15, 0.2) is 24.3 Å². The van der Waals surface area contributed by atoms with Crippen molar-refractivity contribution in [3.8, 4) is 0 Å².